The predicted octanol–water partition coefficient (Wildman–Crippen LogP) is 5.08. The molecule has 0 saturated carbocycles. The maximum atomic E-state index is 12.3. The molecule has 0 bridgehead atoms. The minimum absolute atomic E-state index is 0.106. The van der Waals surface area contributed by atoms with Gasteiger partial charge in [0.05, 0.1) is 5.69 Å². The molecule has 0 aliphatic rings. The Kier molecular flexibility index (Phi) is 4.42. The molecule has 0 aromatic heterocycles. The molecule has 0 saturated heterocycles. The largest absolute Gasteiger partial charge is 0.321 e. The zero-order chi connectivity index (χ0) is 14.0. The van der Waals surface area contributed by atoms with Crippen molar-refractivity contribution in [3.8, 4) is 0 Å². The Labute approximate surface area is 129 Å². The van der Waals surface area contributed by atoms with Crippen molar-refractivity contribution in [1.29, 1.82) is 0 Å². The summed E-state index contributed by atoms with van der Waals surface area (Å²) in [5.74, 6) is -0.106. The second kappa shape index (κ2) is 5.88. The second-order valence-electron chi connectivity index (χ2n) is 4.40. The smallest absolute Gasteiger partial charge is 0.255 e. The molecule has 0 fully saturated rings. The minimum Gasteiger partial charge on any atom is -0.321 e. The molecular weight excluding hydrogens is 370 g/mol. The SMILES string of the molecule is Cc1ccc(Br)c(NC(=O)c2cc(Br)ccc2C)c1. The van der Waals surface area contributed by atoms with Crippen molar-refractivity contribution in [3.05, 3.63) is 62.0 Å². The lowest BCUT2D eigenvalue weighted by Crippen LogP contribution is -2.13. The van der Waals surface area contributed by atoms with Crippen LogP contribution in [0.5, 0.6) is 0 Å². The van der Waals surface area contributed by atoms with Gasteiger partial charge in [-0.05, 0) is 65.2 Å². The van der Waals surface area contributed by atoms with Crippen LogP contribution in [-0.2, 0) is 0 Å². The molecule has 0 spiro atoms. The van der Waals surface area contributed by atoms with Gasteiger partial charge >= 0.3 is 0 Å². The van der Waals surface area contributed by atoms with Crippen LogP contribution in [-0.4, -0.2) is 5.91 Å². The molecule has 2 aromatic rings. The highest BCUT2D eigenvalue weighted by atomic mass is 79.9. The number of carbonyl (C=O) groups excluding carboxylic acids is 1. The van der Waals surface area contributed by atoms with Crippen molar-refractivity contribution in [2.24, 2.45) is 0 Å². The van der Waals surface area contributed by atoms with Gasteiger partial charge < -0.3 is 5.32 Å². The Bertz CT molecular complexity index is 638. The normalized spacial score (nSPS) is 10.3. The van der Waals surface area contributed by atoms with Crippen molar-refractivity contribution in [1.82, 2.24) is 0 Å². The minimum atomic E-state index is -0.106. The maximum Gasteiger partial charge on any atom is 0.255 e. The van der Waals surface area contributed by atoms with Gasteiger partial charge in [-0.15, -0.1) is 0 Å². The lowest BCUT2D eigenvalue weighted by molar-refractivity contribution is 0.102. The summed E-state index contributed by atoms with van der Waals surface area (Å²) in [6.07, 6.45) is 0. The molecule has 0 atom stereocenters. The lowest BCUT2D eigenvalue weighted by Gasteiger charge is -2.10. The van der Waals surface area contributed by atoms with Gasteiger partial charge in [0.15, 0.2) is 0 Å². The van der Waals surface area contributed by atoms with Crippen LogP contribution in [0.2, 0.25) is 0 Å². The number of amides is 1. The third-order valence-corrected chi connectivity index (χ3v) is 4.00. The lowest BCUT2D eigenvalue weighted by atomic mass is 10.1. The number of carbonyl (C=O) groups is 1. The molecule has 2 rings (SSSR count). The van der Waals surface area contributed by atoms with E-state index >= 15 is 0 Å². The highest BCUT2D eigenvalue weighted by Crippen LogP contribution is 2.25. The Morgan fingerprint density at radius 2 is 1.79 bits per heavy atom. The van der Waals surface area contributed by atoms with E-state index in [2.05, 4.69) is 37.2 Å². The third-order valence-electron chi connectivity index (χ3n) is 2.81. The Morgan fingerprint density at radius 3 is 2.53 bits per heavy atom. The van der Waals surface area contributed by atoms with E-state index in [0.29, 0.717) is 5.56 Å². The molecule has 2 aromatic carbocycles. The number of halogens is 2. The van der Waals surface area contributed by atoms with Crippen molar-refractivity contribution in [2.45, 2.75) is 13.8 Å². The summed E-state index contributed by atoms with van der Waals surface area (Å²) < 4.78 is 1.77. The van der Waals surface area contributed by atoms with Gasteiger partial charge in [0, 0.05) is 14.5 Å². The van der Waals surface area contributed by atoms with E-state index in [1.165, 1.54) is 0 Å². The van der Waals surface area contributed by atoms with Crippen molar-refractivity contribution >= 4 is 43.5 Å². The van der Waals surface area contributed by atoms with Gasteiger partial charge in [0.1, 0.15) is 0 Å². The fraction of sp³-hybridized carbons (Fsp3) is 0.133. The average Bonchev–Trinajstić information content (AvgIpc) is 2.36. The Balaban J connectivity index is 2.30. The number of nitrogens with one attached hydrogen (secondary N) is 1. The predicted molar refractivity (Wildman–Crippen MR) is 85.7 cm³/mol. The van der Waals surface area contributed by atoms with E-state index in [1.807, 2.05) is 50.2 Å². The zero-order valence-electron chi connectivity index (χ0n) is 10.6. The van der Waals surface area contributed by atoms with Gasteiger partial charge in [-0.3, -0.25) is 4.79 Å². The molecule has 0 radical (unpaired) electrons. The fourth-order valence-electron chi connectivity index (χ4n) is 1.76. The van der Waals surface area contributed by atoms with Crippen LogP contribution in [0.15, 0.2) is 45.3 Å². The van der Waals surface area contributed by atoms with Crippen LogP contribution in [0.1, 0.15) is 21.5 Å². The van der Waals surface area contributed by atoms with Gasteiger partial charge in [0.2, 0.25) is 0 Å². The quantitative estimate of drug-likeness (QED) is 0.770. The summed E-state index contributed by atoms with van der Waals surface area (Å²) in [7, 11) is 0. The summed E-state index contributed by atoms with van der Waals surface area (Å²) in [5.41, 5.74) is 3.50. The van der Waals surface area contributed by atoms with Crippen LogP contribution >= 0.6 is 31.9 Å². The van der Waals surface area contributed by atoms with E-state index in [-0.39, 0.29) is 5.91 Å². The molecule has 98 valence electrons. The summed E-state index contributed by atoms with van der Waals surface area (Å²) in [6.45, 7) is 3.92. The number of rotatable bonds is 2. The van der Waals surface area contributed by atoms with Gasteiger partial charge in [-0.2, -0.15) is 0 Å². The topological polar surface area (TPSA) is 29.1 Å². The fourth-order valence-corrected chi connectivity index (χ4v) is 2.47. The number of hydrogen-bond donors (Lipinski definition) is 1. The van der Waals surface area contributed by atoms with Crippen molar-refractivity contribution in [3.63, 3.8) is 0 Å². The van der Waals surface area contributed by atoms with Crippen LogP contribution < -0.4 is 5.32 Å². The highest BCUT2D eigenvalue weighted by molar-refractivity contribution is 9.10. The first-order valence-electron chi connectivity index (χ1n) is 5.81. The Hall–Kier alpha value is -1.13. The summed E-state index contributed by atoms with van der Waals surface area (Å²) in [4.78, 5) is 12.3. The van der Waals surface area contributed by atoms with Gasteiger partial charge in [-0.25, -0.2) is 0 Å². The molecule has 0 aliphatic carbocycles. The standard InChI is InChI=1S/C15H13Br2NO/c1-9-3-6-13(17)14(7-9)18-15(19)12-8-11(16)5-4-10(12)2/h3-8H,1-2H3,(H,18,19). The highest BCUT2D eigenvalue weighted by Gasteiger charge is 2.11. The summed E-state index contributed by atoms with van der Waals surface area (Å²) >= 11 is 6.83. The summed E-state index contributed by atoms with van der Waals surface area (Å²) in [5, 5.41) is 2.93. The first-order valence-corrected chi connectivity index (χ1v) is 7.39. The molecule has 0 aliphatic heterocycles. The van der Waals surface area contributed by atoms with Crippen LogP contribution in [0.25, 0.3) is 0 Å². The third kappa shape index (κ3) is 3.45. The molecular formula is C15H13Br2NO. The van der Waals surface area contributed by atoms with E-state index in [0.717, 1.165) is 25.8 Å². The van der Waals surface area contributed by atoms with Crippen LogP contribution in [0.4, 0.5) is 5.69 Å². The van der Waals surface area contributed by atoms with Crippen LogP contribution in [0, 0.1) is 13.8 Å². The van der Waals surface area contributed by atoms with Gasteiger partial charge in [0.25, 0.3) is 5.91 Å². The molecule has 1 N–H and O–H groups in total. The number of hydrogen-bond acceptors (Lipinski definition) is 1. The number of aryl methyl sites for hydroxylation is 2. The number of benzene rings is 2. The molecule has 2 nitrogen and oxygen atoms in total. The van der Waals surface area contributed by atoms with Crippen LogP contribution in [0.3, 0.4) is 0 Å². The molecule has 0 unspecified atom stereocenters. The first-order chi connectivity index (χ1) is 8.97. The van der Waals surface area contributed by atoms with E-state index in [1.54, 1.807) is 0 Å². The second-order valence-corrected chi connectivity index (χ2v) is 6.17. The zero-order valence-corrected chi connectivity index (χ0v) is 13.8. The summed E-state index contributed by atoms with van der Waals surface area (Å²) in [6, 6.07) is 11.5. The van der Waals surface area contributed by atoms with E-state index in [4.69, 9.17) is 0 Å². The molecule has 0 heterocycles. The van der Waals surface area contributed by atoms with E-state index < -0.39 is 0 Å². The van der Waals surface area contributed by atoms with Gasteiger partial charge in [-0.1, -0.05) is 28.1 Å². The first kappa shape index (κ1) is 14.3. The number of anilines is 1. The van der Waals surface area contributed by atoms with Crippen molar-refractivity contribution in [2.75, 3.05) is 5.32 Å². The molecule has 1 amide bonds. The molecule has 4 heteroatoms. The van der Waals surface area contributed by atoms with E-state index in [9.17, 15) is 4.79 Å². The Morgan fingerprint density at radius 1 is 1.05 bits per heavy atom. The maximum absolute atomic E-state index is 12.3. The monoisotopic (exact) mass is 381 g/mol. The average molecular weight is 383 g/mol. The molecule has 19 heavy (non-hydrogen) atoms. The van der Waals surface area contributed by atoms with Crippen molar-refractivity contribution < 1.29 is 4.79 Å².